The summed E-state index contributed by atoms with van der Waals surface area (Å²) in [6.07, 6.45) is 0. The molecule has 0 radical (unpaired) electrons. The summed E-state index contributed by atoms with van der Waals surface area (Å²) in [5.74, 6) is -0.0918. The zero-order valence-corrected chi connectivity index (χ0v) is 19.5. The molecule has 0 unspecified atom stereocenters. The topological polar surface area (TPSA) is 61.8 Å². The fraction of sp³-hybridized carbons (Fsp3) is 0.222. The molecule has 3 aromatic heterocycles. The quantitative estimate of drug-likeness (QED) is 0.379. The minimum absolute atomic E-state index is 0.0541. The molecule has 0 N–H and O–H groups in total. The molecule has 0 saturated carbocycles. The minimum atomic E-state index is -0.209. The lowest BCUT2D eigenvalue weighted by Gasteiger charge is -2.12. The van der Waals surface area contributed by atoms with Crippen LogP contribution in [0.5, 0.6) is 0 Å². The molecular formula is C27H26N4O2. The predicted molar refractivity (Wildman–Crippen MR) is 132 cm³/mol. The van der Waals surface area contributed by atoms with E-state index in [0.29, 0.717) is 11.2 Å². The van der Waals surface area contributed by atoms with Gasteiger partial charge in [0.2, 0.25) is 0 Å². The zero-order chi connectivity index (χ0) is 23.4. The van der Waals surface area contributed by atoms with Gasteiger partial charge in [-0.3, -0.25) is 14.2 Å². The van der Waals surface area contributed by atoms with Crippen LogP contribution in [-0.2, 0) is 13.6 Å². The van der Waals surface area contributed by atoms with E-state index in [1.165, 1.54) is 0 Å². The molecule has 5 rings (SSSR count). The van der Waals surface area contributed by atoms with Gasteiger partial charge in [0.25, 0.3) is 5.56 Å². The highest BCUT2D eigenvalue weighted by atomic mass is 16.1. The number of benzene rings is 2. The Morgan fingerprint density at radius 2 is 1.67 bits per heavy atom. The highest BCUT2D eigenvalue weighted by molar-refractivity contribution is 6.09. The molecule has 0 saturated heterocycles. The first kappa shape index (κ1) is 20.9. The summed E-state index contributed by atoms with van der Waals surface area (Å²) in [5, 5.41) is 6.55. The number of hydrogen-bond acceptors (Lipinski definition) is 3. The molecule has 0 atom stereocenters. The number of Topliss-reactive ketones (excluding diaryl/α,β-unsaturated/α-hetero) is 1. The number of carbonyl (C=O) groups excluding carboxylic acids is 1. The van der Waals surface area contributed by atoms with Crippen LogP contribution in [0.1, 0.15) is 32.9 Å². The Bertz CT molecular complexity index is 1610. The molecule has 0 amide bonds. The van der Waals surface area contributed by atoms with Gasteiger partial charge in [0, 0.05) is 40.7 Å². The van der Waals surface area contributed by atoms with E-state index in [1.807, 2.05) is 87.8 Å². The first-order valence-electron chi connectivity index (χ1n) is 11.0. The van der Waals surface area contributed by atoms with E-state index in [-0.39, 0.29) is 17.9 Å². The fourth-order valence-corrected chi connectivity index (χ4v) is 4.78. The van der Waals surface area contributed by atoms with Crippen molar-refractivity contribution in [3.8, 4) is 5.69 Å². The van der Waals surface area contributed by atoms with Gasteiger partial charge in [-0.15, -0.1) is 0 Å². The van der Waals surface area contributed by atoms with E-state index in [4.69, 9.17) is 5.10 Å². The molecular weight excluding hydrogens is 412 g/mol. The van der Waals surface area contributed by atoms with E-state index in [1.54, 1.807) is 15.3 Å². The molecule has 0 spiro atoms. The van der Waals surface area contributed by atoms with Gasteiger partial charge < -0.3 is 4.57 Å². The Morgan fingerprint density at radius 3 is 2.39 bits per heavy atom. The molecule has 0 bridgehead atoms. The Hall–Kier alpha value is -3.93. The van der Waals surface area contributed by atoms with E-state index in [2.05, 4.69) is 0 Å². The molecule has 5 aromatic rings. The molecule has 6 nitrogen and oxygen atoms in total. The van der Waals surface area contributed by atoms with Crippen molar-refractivity contribution in [3.05, 3.63) is 93.0 Å². The van der Waals surface area contributed by atoms with E-state index in [0.717, 1.165) is 44.5 Å². The van der Waals surface area contributed by atoms with E-state index >= 15 is 0 Å². The summed E-state index contributed by atoms with van der Waals surface area (Å²) in [6.45, 7) is 7.77. The van der Waals surface area contributed by atoms with Crippen molar-refractivity contribution < 1.29 is 4.79 Å². The summed E-state index contributed by atoms with van der Waals surface area (Å²) in [4.78, 5) is 26.8. The van der Waals surface area contributed by atoms with Crippen molar-refractivity contribution in [2.24, 2.45) is 7.05 Å². The van der Waals surface area contributed by atoms with Gasteiger partial charge in [-0.2, -0.15) is 5.10 Å². The highest BCUT2D eigenvalue weighted by Gasteiger charge is 2.22. The van der Waals surface area contributed by atoms with Gasteiger partial charge in [0.15, 0.2) is 5.78 Å². The van der Waals surface area contributed by atoms with Crippen LogP contribution in [0.3, 0.4) is 0 Å². The van der Waals surface area contributed by atoms with E-state index < -0.39 is 0 Å². The number of pyridine rings is 1. The Balaban J connectivity index is 1.73. The van der Waals surface area contributed by atoms with Crippen molar-refractivity contribution in [1.29, 1.82) is 0 Å². The van der Waals surface area contributed by atoms with Crippen LogP contribution in [-0.4, -0.2) is 24.7 Å². The van der Waals surface area contributed by atoms with Gasteiger partial charge in [0.05, 0.1) is 17.9 Å². The molecule has 6 heteroatoms. The number of hydrogen-bond donors (Lipinski definition) is 0. The van der Waals surface area contributed by atoms with Crippen molar-refractivity contribution in [1.82, 2.24) is 18.9 Å². The number of aryl methyl sites for hydroxylation is 4. The number of nitrogens with zero attached hydrogens (tertiary/aromatic N) is 4. The number of para-hydroxylation sites is 1. The summed E-state index contributed by atoms with van der Waals surface area (Å²) in [7, 11) is 1.96. The number of carbonyl (C=O) groups is 1. The normalized spacial score (nSPS) is 11.5. The largest absolute Gasteiger partial charge is 0.347 e. The maximum atomic E-state index is 13.6. The maximum Gasteiger partial charge on any atom is 0.252 e. The third-order valence-electron chi connectivity index (χ3n) is 6.55. The van der Waals surface area contributed by atoms with Crippen molar-refractivity contribution in [2.75, 3.05) is 0 Å². The van der Waals surface area contributed by atoms with Gasteiger partial charge in [0.1, 0.15) is 5.65 Å². The van der Waals surface area contributed by atoms with Crippen molar-refractivity contribution >= 4 is 27.7 Å². The SMILES string of the molecule is Cc1ccc(-n2nc(C)c3c(C)cc(=O)n(CC(=O)c4c(C)n(C)c5ccccc45)c32)cc1. The second-order valence-corrected chi connectivity index (χ2v) is 8.74. The summed E-state index contributed by atoms with van der Waals surface area (Å²) in [5.41, 5.74) is 6.66. The van der Waals surface area contributed by atoms with Gasteiger partial charge in [-0.1, -0.05) is 35.9 Å². The third kappa shape index (κ3) is 3.21. The van der Waals surface area contributed by atoms with E-state index in [9.17, 15) is 9.59 Å². The first-order chi connectivity index (χ1) is 15.8. The lowest BCUT2D eigenvalue weighted by molar-refractivity contribution is 0.0973. The zero-order valence-electron chi connectivity index (χ0n) is 19.5. The van der Waals surface area contributed by atoms with Crippen LogP contribution in [0.2, 0.25) is 0 Å². The Morgan fingerprint density at radius 1 is 0.970 bits per heavy atom. The molecule has 33 heavy (non-hydrogen) atoms. The summed E-state index contributed by atoms with van der Waals surface area (Å²) in [6, 6.07) is 17.5. The predicted octanol–water partition coefficient (Wildman–Crippen LogP) is 4.80. The second kappa shape index (κ2) is 7.59. The smallest absolute Gasteiger partial charge is 0.252 e. The fourth-order valence-electron chi connectivity index (χ4n) is 4.78. The van der Waals surface area contributed by atoms with Gasteiger partial charge in [-0.05, 0) is 51.5 Å². The van der Waals surface area contributed by atoms with Crippen molar-refractivity contribution in [3.63, 3.8) is 0 Å². The van der Waals surface area contributed by atoms with Crippen LogP contribution in [0.4, 0.5) is 0 Å². The number of fused-ring (bicyclic) bond motifs is 2. The van der Waals surface area contributed by atoms with Gasteiger partial charge in [-0.25, -0.2) is 4.68 Å². The number of ketones is 1. The monoisotopic (exact) mass is 438 g/mol. The number of aromatic nitrogens is 4. The molecule has 166 valence electrons. The molecule has 0 aliphatic heterocycles. The number of rotatable bonds is 4. The summed E-state index contributed by atoms with van der Waals surface area (Å²) >= 11 is 0. The Labute approximate surface area is 191 Å². The molecule has 3 heterocycles. The van der Waals surface area contributed by atoms with Gasteiger partial charge >= 0.3 is 0 Å². The van der Waals surface area contributed by atoms with Crippen molar-refractivity contribution in [2.45, 2.75) is 34.2 Å². The molecule has 2 aromatic carbocycles. The maximum absolute atomic E-state index is 13.6. The average molecular weight is 439 g/mol. The minimum Gasteiger partial charge on any atom is -0.347 e. The second-order valence-electron chi connectivity index (χ2n) is 8.74. The standard InChI is InChI=1S/C27H26N4O2/c1-16-10-12-20(13-11-16)31-27-25(18(3)28-31)17(2)14-24(33)30(27)15-23(32)26-19(4)29(5)22-9-7-6-8-21(22)26/h6-14H,15H2,1-5H3. The van der Waals surface area contributed by atoms with Crippen LogP contribution in [0.15, 0.2) is 59.4 Å². The third-order valence-corrected chi connectivity index (χ3v) is 6.55. The molecule has 0 aliphatic rings. The van der Waals surface area contributed by atoms with Crippen LogP contribution in [0.25, 0.3) is 27.6 Å². The highest BCUT2D eigenvalue weighted by Crippen LogP contribution is 2.27. The lowest BCUT2D eigenvalue weighted by atomic mass is 10.1. The first-order valence-corrected chi connectivity index (χ1v) is 11.0. The van der Waals surface area contributed by atoms with Crippen LogP contribution in [0, 0.1) is 27.7 Å². The molecule has 0 aliphatic carbocycles. The average Bonchev–Trinajstić information content (AvgIpc) is 3.26. The summed E-state index contributed by atoms with van der Waals surface area (Å²) < 4.78 is 5.37. The lowest BCUT2D eigenvalue weighted by Crippen LogP contribution is -2.26. The van der Waals surface area contributed by atoms with Crippen LogP contribution >= 0.6 is 0 Å². The van der Waals surface area contributed by atoms with Crippen LogP contribution < -0.4 is 5.56 Å². The Kier molecular flexibility index (Phi) is 4.81. The molecule has 0 fully saturated rings.